The third-order valence-electron chi connectivity index (χ3n) is 5.98. The van der Waals surface area contributed by atoms with Crippen molar-refractivity contribution in [2.75, 3.05) is 19.7 Å². The van der Waals surface area contributed by atoms with Crippen molar-refractivity contribution in [1.82, 2.24) is 4.90 Å². The Bertz CT molecular complexity index is 984. The molecular weight excluding hydrogens is 486 g/mol. The number of nitrogens with two attached hydrogens (primary N) is 2. The van der Waals surface area contributed by atoms with E-state index in [9.17, 15) is 14.4 Å². The molecular formula is C29H43N3O6. The predicted octanol–water partition coefficient (Wildman–Crippen LogP) is 4.63. The van der Waals surface area contributed by atoms with Gasteiger partial charge in [-0.05, 0) is 60.9 Å². The van der Waals surface area contributed by atoms with Crippen LogP contribution < -0.4 is 16.2 Å². The van der Waals surface area contributed by atoms with E-state index in [1.54, 1.807) is 4.90 Å². The minimum Gasteiger partial charge on any atom is -0.494 e. The quantitative estimate of drug-likeness (QED) is 0.407. The van der Waals surface area contributed by atoms with Gasteiger partial charge in [0.2, 0.25) is 5.91 Å². The Balaban J connectivity index is 0.000000463. The molecule has 1 saturated heterocycles. The predicted molar refractivity (Wildman–Crippen MR) is 148 cm³/mol. The summed E-state index contributed by atoms with van der Waals surface area (Å²) in [6.45, 7) is 8.81. The van der Waals surface area contributed by atoms with Crippen LogP contribution in [0.2, 0.25) is 0 Å². The van der Waals surface area contributed by atoms with Crippen LogP contribution in [0.25, 0.3) is 0 Å². The Morgan fingerprint density at radius 1 is 1.08 bits per heavy atom. The fourth-order valence-electron chi connectivity index (χ4n) is 3.93. The average Bonchev–Trinajstić information content (AvgIpc) is 2.93. The van der Waals surface area contributed by atoms with Gasteiger partial charge in [0, 0.05) is 26.1 Å². The molecule has 2 aromatic carbocycles. The number of likely N-dealkylation sites (tertiary alicyclic amines) is 1. The van der Waals surface area contributed by atoms with Crippen molar-refractivity contribution in [2.45, 2.75) is 66.0 Å². The van der Waals surface area contributed by atoms with E-state index < -0.39 is 12.1 Å². The van der Waals surface area contributed by atoms with Crippen LogP contribution in [0.1, 0.15) is 62.6 Å². The van der Waals surface area contributed by atoms with Gasteiger partial charge in [0.05, 0.1) is 13.0 Å². The highest BCUT2D eigenvalue weighted by Gasteiger charge is 2.23. The summed E-state index contributed by atoms with van der Waals surface area (Å²) in [4.78, 5) is 34.6. The molecule has 2 amide bonds. The van der Waals surface area contributed by atoms with Crippen LogP contribution in [0, 0.1) is 12.8 Å². The van der Waals surface area contributed by atoms with Gasteiger partial charge < -0.3 is 30.9 Å². The number of piperidine rings is 1. The highest BCUT2D eigenvalue weighted by Crippen LogP contribution is 2.22. The fourth-order valence-corrected chi connectivity index (χ4v) is 3.93. The van der Waals surface area contributed by atoms with Crippen molar-refractivity contribution in [3.05, 3.63) is 65.2 Å². The van der Waals surface area contributed by atoms with Gasteiger partial charge in [0.15, 0.2) is 0 Å². The summed E-state index contributed by atoms with van der Waals surface area (Å²) in [6, 6.07) is 15.3. The first-order valence-corrected chi connectivity index (χ1v) is 13.2. The number of primary amides is 1. The third kappa shape index (κ3) is 13.1. The summed E-state index contributed by atoms with van der Waals surface area (Å²) in [5.74, 6) is 0.252. The normalized spacial score (nSPS) is 14.2. The molecule has 1 fully saturated rings. The monoisotopic (exact) mass is 529 g/mol. The standard InChI is InChI=1S/C19H28N2O4.C8H9NO2.C2H6/c1-14-4-5-17(11-16(14)12-20)25-10-8-15-3-2-9-21(13-15)18(22)6-7-19(23)24;9-8(10)11-6-7-4-2-1-3-5-7;1-2/h4-5,11,15H,2-3,6-10,12-13,20H2,1H3,(H,23,24);1-5H,6H2,(H2,9,10);1-2H3. The zero-order chi connectivity index (χ0) is 28.3. The number of nitrogens with zero attached hydrogens (tertiary/aromatic N) is 1. The SMILES string of the molecule is CC.Cc1ccc(OCCC2CCCN(C(=O)CCC(=O)O)C2)cc1CN.NC(=O)OCc1ccccc1. The summed E-state index contributed by atoms with van der Waals surface area (Å²) in [6.07, 6.45) is 2.17. The van der Waals surface area contributed by atoms with Gasteiger partial charge in [0.25, 0.3) is 0 Å². The lowest BCUT2D eigenvalue weighted by Crippen LogP contribution is -2.40. The Morgan fingerprint density at radius 2 is 1.79 bits per heavy atom. The molecule has 0 spiro atoms. The molecule has 1 unspecified atom stereocenters. The molecule has 3 rings (SSSR count). The van der Waals surface area contributed by atoms with E-state index in [1.807, 2.05) is 69.3 Å². The van der Waals surface area contributed by atoms with Gasteiger partial charge in [-0.2, -0.15) is 0 Å². The van der Waals surface area contributed by atoms with Gasteiger partial charge in [-0.3, -0.25) is 9.59 Å². The maximum Gasteiger partial charge on any atom is 0.404 e. The molecule has 0 aromatic heterocycles. The van der Waals surface area contributed by atoms with E-state index in [0.29, 0.717) is 25.6 Å². The van der Waals surface area contributed by atoms with Gasteiger partial charge >= 0.3 is 12.1 Å². The second kappa shape index (κ2) is 18.6. The number of hydrogen-bond donors (Lipinski definition) is 3. The zero-order valence-corrected chi connectivity index (χ0v) is 22.9. The van der Waals surface area contributed by atoms with E-state index in [1.165, 1.54) is 0 Å². The molecule has 0 saturated carbocycles. The third-order valence-corrected chi connectivity index (χ3v) is 5.98. The average molecular weight is 530 g/mol. The molecule has 1 aliphatic heterocycles. The molecule has 38 heavy (non-hydrogen) atoms. The van der Waals surface area contributed by atoms with Crippen LogP contribution in [-0.4, -0.2) is 47.7 Å². The van der Waals surface area contributed by atoms with Gasteiger partial charge in [-0.15, -0.1) is 0 Å². The van der Waals surface area contributed by atoms with Crippen LogP contribution in [0.3, 0.4) is 0 Å². The van der Waals surface area contributed by atoms with E-state index in [-0.39, 0.29) is 25.4 Å². The van der Waals surface area contributed by atoms with Crippen LogP contribution in [0.15, 0.2) is 48.5 Å². The Hall–Kier alpha value is -3.59. The topological polar surface area (TPSA) is 145 Å². The van der Waals surface area contributed by atoms with Gasteiger partial charge in [0.1, 0.15) is 12.4 Å². The summed E-state index contributed by atoms with van der Waals surface area (Å²) in [5.41, 5.74) is 13.7. The van der Waals surface area contributed by atoms with Crippen LogP contribution in [-0.2, 0) is 27.5 Å². The van der Waals surface area contributed by atoms with Crippen molar-refractivity contribution in [2.24, 2.45) is 17.4 Å². The summed E-state index contributed by atoms with van der Waals surface area (Å²) in [5, 5.41) is 8.70. The first-order valence-electron chi connectivity index (χ1n) is 13.2. The highest BCUT2D eigenvalue weighted by molar-refractivity contribution is 5.80. The molecule has 0 aliphatic carbocycles. The second-order valence-corrected chi connectivity index (χ2v) is 8.76. The molecule has 0 bridgehead atoms. The van der Waals surface area contributed by atoms with Gasteiger partial charge in [-0.1, -0.05) is 50.2 Å². The van der Waals surface area contributed by atoms with Crippen molar-refractivity contribution in [3.63, 3.8) is 0 Å². The van der Waals surface area contributed by atoms with E-state index in [0.717, 1.165) is 48.2 Å². The lowest BCUT2D eigenvalue weighted by Gasteiger charge is -2.32. The fraction of sp³-hybridized carbons (Fsp3) is 0.483. The summed E-state index contributed by atoms with van der Waals surface area (Å²) < 4.78 is 10.4. The number of carbonyl (C=O) groups is 3. The minimum absolute atomic E-state index is 0.0564. The van der Waals surface area contributed by atoms with E-state index in [4.69, 9.17) is 21.3 Å². The lowest BCUT2D eigenvalue weighted by atomic mass is 9.95. The molecule has 1 aliphatic rings. The maximum absolute atomic E-state index is 12.1. The zero-order valence-electron chi connectivity index (χ0n) is 22.9. The van der Waals surface area contributed by atoms with Crippen LogP contribution >= 0.6 is 0 Å². The molecule has 9 nitrogen and oxygen atoms in total. The Kier molecular flexibility index (Phi) is 15.9. The second-order valence-electron chi connectivity index (χ2n) is 8.76. The number of carboxylic acid groups (broad SMARTS) is 1. The first-order chi connectivity index (χ1) is 18.3. The van der Waals surface area contributed by atoms with Crippen molar-refractivity contribution in [1.29, 1.82) is 0 Å². The Labute approximate surface area is 226 Å². The molecule has 210 valence electrons. The van der Waals surface area contributed by atoms with Gasteiger partial charge in [-0.25, -0.2) is 4.79 Å². The van der Waals surface area contributed by atoms with Crippen LogP contribution in [0.5, 0.6) is 5.75 Å². The summed E-state index contributed by atoms with van der Waals surface area (Å²) >= 11 is 0. The molecule has 9 heteroatoms. The maximum atomic E-state index is 12.1. The molecule has 1 heterocycles. The smallest absolute Gasteiger partial charge is 0.404 e. The number of carbonyl (C=O) groups excluding carboxylic acids is 2. The Morgan fingerprint density at radius 3 is 2.42 bits per heavy atom. The highest BCUT2D eigenvalue weighted by atomic mass is 16.5. The molecule has 1 atom stereocenters. The van der Waals surface area contributed by atoms with E-state index >= 15 is 0 Å². The van der Waals surface area contributed by atoms with Crippen molar-refractivity contribution >= 4 is 18.0 Å². The number of carboxylic acids is 1. The number of hydrogen-bond acceptors (Lipinski definition) is 6. The number of aliphatic carboxylic acids is 1. The minimum atomic E-state index is -0.926. The largest absolute Gasteiger partial charge is 0.494 e. The lowest BCUT2D eigenvalue weighted by molar-refractivity contribution is -0.141. The molecule has 2 aromatic rings. The van der Waals surface area contributed by atoms with Crippen molar-refractivity contribution < 1.29 is 29.0 Å². The number of benzene rings is 2. The van der Waals surface area contributed by atoms with Crippen molar-refractivity contribution in [3.8, 4) is 5.75 Å². The number of ether oxygens (including phenoxy) is 2. The first kappa shape index (κ1) is 32.4. The number of rotatable bonds is 10. The van der Waals surface area contributed by atoms with Crippen LogP contribution in [0.4, 0.5) is 4.79 Å². The number of aryl methyl sites for hydroxylation is 1. The van der Waals surface area contributed by atoms with E-state index in [2.05, 4.69) is 4.74 Å². The molecule has 0 radical (unpaired) electrons. The number of amides is 2. The summed E-state index contributed by atoms with van der Waals surface area (Å²) in [7, 11) is 0. The molecule has 5 N–H and O–H groups in total.